The van der Waals surface area contributed by atoms with Crippen molar-refractivity contribution in [2.24, 2.45) is 0 Å². The molecule has 6 heteroatoms. The first-order valence-corrected chi connectivity index (χ1v) is 8.09. The molecule has 1 aromatic heterocycles. The van der Waals surface area contributed by atoms with Crippen molar-refractivity contribution in [2.45, 2.75) is 58.1 Å². The highest BCUT2D eigenvalue weighted by atomic mass is 32.1. The van der Waals surface area contributed by atoms with Crippen LogP contribution in [0.5, 0.6) is 0 Å². The Kier molecular flexibility index (Phi) is 4.99. The van der Waals surface area contributed by atoms with E-state index in [1.165, 1.54) is 23.8 Å². The Morgan fingerprint density at radius 1 is 1.60 bits per heavy atom. The van der Waals surface area contributed by atoms with E-state index in [1.807, 2.05) is 0 Å². The number of piperidine rings is 1. The van der Waals surface area contributed by atoms with E-state index in [-0.39, 0.29) is 10.6 Å². The van der Waals surface area contributed by atoms with Gasteiger partial charge in [-0.25, -0.2) is 0 Å². The molecular formula is C14H22N2O3S. The van der Waals surface area contributed by atoms with Gasteiger partial charge in [-0.05, 0) is 32.6 Å². The van der Waals surface area contributed by atoms with Gasteiger partial charge >= 0.3 is 5.69 Å². The van der Waals surface area contributed by atoms with Crippen LogP contribution in [-0.2, 0) is 0 Å². The quantitative estimate of drug-likeness (QED) is 0.662. The predicted molar refractivity (Wildman–Crippen MR) is 81.5 cm³/mol. The van der Waals surface area contributed by atoms with Gasteiger partial charge in [0, 0.05) is 23.5 Å². The Bertz CT molecular complexity index is 471. The van der Waals surface area contributed by atoms with Gasteiger partial charge in [0.15, 0.2) is 5.00 Å². The number of thiophene rings is 1. The Morgan fingerprint density at radius 3 is 2.95 bits per heavy atom. The Hall–Kier alpha value is -1.14. The molecule has 0 bridgehead atoms. The summed E-state index contributed by atoms with van der Waals surface area (Å²) in [4.78, 5) is 13.8. The number of anilines is 1. The van der Waals surface area contributed by atoms with E-state index in [2.05, 4.69) is 11.8 Å². The van der Waals surface area contributed by atoms with E-state index < -0.39 is 6.10 Å². The first kappa shape index (κ1) is 15.3. The molecule has 1 N–H and O–H groups in total. The molecule has 2 rings (SSSR count). The molecular weight excluding hydrogens is 276 g/mol. The Labute approximate surface area is 123 Å². The van der Waals surface area contributed by atoms with Gasteiger partial charge < -0.3 is 10.0 Å². The summed E-state index contributed by atoms with van der Waals surface area (Å²) in [5.74, 6) is 0. The van der Waals surface area contributed by atoms with E-state index in [1.54, 1.807) is 6.92 Å². The number of aliphatic hydroxyl groups is 1. The minimum absolute atomic E-state index is 0.147. The average molecular weight is 298 g/mol. The highest BCUT2D eigenvalue weighted by molar-refractivity contribution is 7.16. The molecule has 2 heterocycles. The fraction of sp³-hybridized carbons (Fsp3) is 0.714. The van der Waals surface area contributed by atoms with Crippen molar-refractivity contribution in [1.29, 1.82) is 0 Å². The summed E-state index contributed by atoms with van der Waals surface area (Å²) in [6.45, 7) is 4.68. The normalized spacial score (nSPS) is 20.9. The number of hydrogen-bond acceptors (Lipinski definition) is 5. The fourth-order valence-electron chi connectivity index (χ4n) is 2.83. The molecule has 1 fully saturated rings. The van der Waals surface area contributed by atoms with Gasteiger partial charge in [-0.15, -0.1) is 11.3 Å². The van der Waals surface area contributed by atoms with Gasteiger partial charge in [-0.3, -0.25) is 10.1 Å². The Morgan fingerprint density at radius 2 is 2.35 bits per heavy atom. The average Bonchev–Trinajstić information content (AvgIpc) is 2.85. The maximum absolute atomic E-state index is 11.3. The number of nitrogens with zero attached hydrogens (tertiary/aromatic N) is 2. The second-order valence-electron chi connectivity index (χ2n) is 5.40. The molecule has 0 radical (unpaired) electrons. The molecule has 0 saturated carbocycles. The lowest BCUT2D eigenvalue weighted by Gasteiger charge is -2.36. The summed E-state index contributed by atoms with van der Waals surface area (Å²) in [5.41, 5.74) is 0.147. The van der Waals surface area contributed by atoms with Gasteiger partial charge in [-0.1, -0.05) is 13.3 Å². The second-order valence-corrected chi connectivity index (χ2v) is 6.47. The summed E-state index contributed by atoms with van der Waals surface area (Å²) in [5, 5.41) is 21.7. The first-order chi connectivity index (χ1) is 9.54. The lowest BCUT2D eigenvalue weighted by atomic mass is 9.98. The zero-order valence-electron chi connectivity index (χ0n) is 12.0. The van der Waals surface area contributed by atoms with Crippen molar-refractivity contribution >= 4 is 22.0 Å². The highest BCUT2D eigenvalue weighted by Crippen LogP contribution is 2.42. The lowest BCUT2D eigenvalue weighted by molar-refractivity contribution is -0.383. The zero-order chi connectivity index (χ0) is 14.7. The second kappa shape index (κ2) is 6.54. The highest BCUT2D eigenvalue weighted by Gasteiger charge is 2.30. The van der Waals surface area contributed by atoms with Crippen molar-refractivity contribution in [3.8, 4) is 0 Å². The molecule has 2 atom stereocenters. The molecule has 1 saturated heterocycles. The SMILES string of the molecule is CCCC1CCCCN1c1sc(C(C)O)cc1[N+](=O)[O-]. The van der Waals surface area contributed by atoms with E-state index in [4.69, 9.17) is 0 Å². The molecule has 1 aliphatic rings. The lowest BCUT2D eigenvalue weighted by Crippen LogP contribution is -2.39. The van der Waals surface area contributed by atoms with Crippen LogP contribution in [-0.4, -0.2) is 22.6 Å². The third kappa shape index (κ3) is 3.12. The van der Waals surface area contributed by atoms with Gasteiger partial charge in [0.25, 0.3) is 0 Å². The van der Waals surface area contributed by atoms with Crippen LogP contribution in [0.15, 0.2) is 6.07 Å². The molecule has 0 aliphatic carbocycles. The molecule has 112 valence electrons. The van der Waals surface area contributed by atoms with Crippen molar-refractivity contribution in [2.75, 3.05) is 11.4 Å². The van der Waals surface area contributed by atoms with Gasteiger partial charge in [0.05, 0.1) is 11.0 Å². The minimum atomic E-state index is -0.651. The third-order valence-electron chi connectivity index (χ3n) is 3.83. The van der Waals surface area contributed by atoms with Gasteiger partial charge in [-0.2, -0.15) is 0 Å². The molecule has 1 aromatic rings. The van der Waals surface area contributed by atoms with Crippen molar-refractivity contribution < 1.29 is 10.0 Å². The van der Waals surface area contributed by atoms with E-state index >= 15 is 0 Å². The molecule has 5 nitrogen and oxygen atoms in total. The monoisotopic (exact) mass is 298 g/mol. The zero-order valence-corrected chi connectivity index (χ0v) is 12.9. The van der Waals surface area contributed by atoms with Crippen molar-refractivity contribution in [1.82, 2.24) is 0 Å². The van der Waals surface area contributed by atoms with Crippen LogP contribution in [0.4, 0.5) is 10.7 Å². The molecule has 2 unspecified atom stereocenters. The number of aliphatic hydroxyl groups excluding tert-OH is 1. The summed E-state index contributed by atoms with van der Waals surface area (Å²) >= 11 is 1.37. The minimum Gasteiger partial charge on any atom is -0.388 e. The van der Waals surface area contributed by atoms with Crippen LogP contribution in [0.25, 0.3) is 0 Å². The number of hydrogen-bond donors (Lipinski definition) is 1. The van der Waals surface area contributed by atoms with Crippen molar-refractivity contribution in [3.05, 3.63) is 21.1 Å². The third-order valence-corrected chi connectivity index (χ3v) is 5.16. The standard InChI is InChI=1S/C14H22N2O3S/c1-3-6-11-7-4-5-8-15(11)14-12(16(18)19)9-13(20-14)10(2)17/h9-11,17H,3-8H2,1-2H3. The summed E-state index contributed by atoms with van der Waals surface area (Å²) in [6, 6.07) is 1.93. The number of nitro groups is 1. The van der Waals surface area contributed by atoms with E-state index in [0.29, 0.717) is 10.9 Å². The van der Waals surface area contributed by atoms with Crippen LogP contribution in [0.3, 0.4) is 0 Å². The molecule has 1 aliphatic heterocycles. The molecule has 0 amide bonds. The molecule has 0 spiro atoms. The summed E-state index contributed by atoms with van der Waals surface area (Å²) in [6.07, 6.45) is 4.89. The van der Waals surface area contributed by atoms with E-state index in [0.717, 1.165) is 37.2 Å². The van der Waals surface area contributed by atoms with Crippen LogP contribution in [0.1, 0.15) is 56.9 Å². The van der Waals surface area contributed by atoms with Crippen LogP contribution >= 0.6 is 11.3 Å². The van der Waals surface area contributed by atoms with Crippen molar-refractivity contribution in [3.63, 3.8) is 0 Å². The predicted octanol–water partition coefficient (Wildman–Crippen LogP) is 3.87. The summed E-state index contributed by atoms with van der Waals surface area (Å²) in [7, 11) is 0. The largest absolute Gasteiger partial charge is 0.388 e. The smallest absolute Gasteiger partial charge is 0.304 e. The molecule has 20 heavy (non-hydrogen) atoms. The number of rotatable bonds is 5. The summed E-state index contributed by atoms with van der Waals surface area (Å²) < 4.78 is 0. The van der Waals surface area contributed by atoms with E-state index in [9.17, 15) is 15.2 Å². The Balaban J connectivity index is 2.35. The maximum Gasteiger partial charge on any atom is 0.304 e. The topological polar surface area (TPSA) is 66.6 Å². The van der Waals surface area contributed by atoms with Crippen LogP contribution < -0.4 is 4.90 Å². The first-order valence-electron chi connectivity index (χ1n) is 7.27. The molecule has 0 aromatic carbocycles. The van der Waals surface area contributed by atoms with Gasteiger partial charge in [0.1, 0.15) is 0 Å². The fourth-order valence-corrected chi connectivity index (χ4v) is 3.99. The van der Waals surface area contributed by atoms with Gasteiger partial charge in [0.2, 0.25) is 0 Å². The van der Waals surface area contributed by atoms with Crippen LogP contribution in [0.2, 0.25) is 0 Å². The maximum atomic E-state index is 11.3. The van der Waals surface area contributed by atoms with Crippen LogP contribution in [0, 0.1) is 10.1 Å².